The van der Waals surface area contributed by atoms with Crippen molar-refractivity contribution in [2.24, 2.45) is 5.92 Å². The van der Waals surface area contributed by atoms with Crippen molar-refractivity contribution < 1.29 is 27.4 Å². The van der Waals surface area contributed by atoms with Crippen molar-refractivity contribution in [1.82, 2.24) is 14.8 Å². The van der Waals surface area contributed by atoms with Gasteiger partial charge in [-0.05, 0) is 68.1 Å². The van der Waals surface area contributed by atoms with Gasteiger partial charge in [-0.25, -0.2) is 14.7 Å². The van der Waals surface area contributed by atoms with Gasteiger partial charge in [-0.15, -0.1) is 5.10 Å². The number of benzene rings is 1. The molecule has 0 radical (unpaired) electrons. The van der Waals surface area contributed by atoms with Crippen molar-refractivity contribution in [2.75, 3.05) is 54.5 Å². The molecule has 0 amide bonds. The topological polar surface area (TPSA) is 81.5 Å². The maximum atomic E-state index is 14.0. The molecule has 0 aliphatic heterocycles. The normalized spacial score (nSPS) is 15.9. The van der Waals surface area contributed by atoms with Gasteiger partial charge in [-0.1, -0.05) is 46.1 Å². The van der Waals surface area contributed by atoms with Crippen molar-refractivity contribution >= 4 is 33.3 Å². The lowest BCUT2D eigenvalue weighted by atomic mass is 9.92. The Morgan fingerprint density at radius 1 is 1.16 bits per heavy atom. The summed E-state index contributed by atoms with van der Waals surface area (Å²) in [4.78, 5) is 18.5. The van der Waals surface area contributed by atoms with Crippen LogP contribution in [0.4, 0.5) is 30.5 Å². The van der Waals surface area contributed by atoms with Crippen molar-refractivity contribution in [3.63, 3.8) is 0 Å². The van der Waals surface area contributed by atoms with Gasteiger partial charge in [0.15, 0.2) is 0 Å². The molecule has 244 valence electrons. The second-order valence-electron chi connectivity index (χ2n) is 12.7. The fourth-order valence-corrected chi connectivity index (χ4v) is 5.92. The van der Waals surface area contributed by atoms with E-state index in [4.69, 9.17) is 9.47 Å². The monoisotopic (exact) mass is 629 g/mol. The molecule has 1 aliphatic rings. The zero-order valence-electron chi connectivity index (χ0n) is 26.8. The summed E-state index contributed by atoms with van der Waals surface area (Å²) in [6.45, 7) is 9.15. The number of aromatic nitrogens is 3. The molecule has 1 aliphatic carbocycles. The van der Waals surface area contributed by atoms with Crippen LogP contribution in [0.15, 0.2) is 18.2 Å². The molecule has 3 rings (SSSR count). The van der Waals surface area contributed by atoms with Gasteiger partial charge in [0.1, 0.15) is 6.73 Å². The second-order valence-corrected chi connectivity index (χ2v) is 17.3. The summed E-state index contributed by atoms with van der Waals surface area (Å²) in [6.07, 6.45) is 7.51. The molecule has 1 aromatic heterocycles. The summed E-state index contributed by atoms with van der Waals surface area (Å²) in [5, 5.41) is 7.33. The number of hydrogen-bond donors (Lipinski definition) is 1. The minimum absolute atomic E-state index is 0.151. The van der Waals surface area contributed by atoms with E-state index in [1.807, 2.05) is 25.1 Å². The zero-order chi connectivity index (χ0) is 31.8. The highest BCUT2D eigenvalue weighted by atomic mass is 32.3. The van der Waals surface area contributed by atoms with E-state index >= 15 is 0 Å². The number of alkyl halides is 3. The predicted molar refractivity (Wildman–Crippen MR) is 170 cm³/mol. The Morgan fingerprint density at radius 3 is 2.47 bits per heavy atom. The van der Waals surface area contributed by atoms with Gasteiger partial charge in [0.25, 0.3) is 0 Å². The number of anilines is 3. The summed E-state index contributed by atoms with van der Waals surface area (Å²) >= 11 is 0. The van der Waals surface area contributed by atoms with Crippen LogP contribution in [0.3, 0.4) is 0 Å². The molecule has 1 saturated carbocycles. The summed E-state index contributed by atoms with van der Waals surface area (Å²) in [7, 11) is -0.844. The van der Waals surface area contributed by atoms with Crippen LogP contribution in [0.25, 0.3) is 0 Å². The van der Waals surface area contributed by atoms with E-state index in [0.29, 0.717) is 30.9 Å². The smallest absolute Gasteiger partial charge is 0.451 e. The van der Waals surface area contributed by atoms with Crippen molar-refractivity contribution in [1.29, 1.82) is 0 Å². The Bertz CT molecular complexity index is 1180. The van der Waals surface area contributed by atoms with Gasteiger partial charge in [-0.2, -0.15) is 18.2 Å². The summed E-state index contributed by atoms with van der Waals surface area (Å²) in [6, 6.07) is 6.25. The third-order valence-corrected chi connectivity index (χ3v) is 8.87. The molecule has 1 fully saturated rings. The molecule has 1 N–H and O–H groups in total. The van der Waals surface area contributed by atoms with Gasteiger partial charge in [0, 0.05) is 18.3 Å². The lowest BCUT2D eigenvalue weighted by Crippen LogP contribution is -2.39. The molecule has 0 saturated heterocycles. The first kappa shape index (κ1) is 35.0. The van der Waals surface area contributed by atoms with Gasteiger partial charge in [0.05, 0.1) is 31.0 Å². The molecule has 0 bridgehead atoms. The molecule has 1 aromatic carbocycles. The number of carbonyl (C=O) groups excluding carboxylic acids is 1. The molecule has 8 nitrogen and oxygen atoms in total. The lowest BCUT2D eigenvalue weighted by molar-refractivity contribution is -0.150. The Labute approximate surface area is 256 Å². The Balaban J connectivity index is 1.99. The van der Waals surface area contributed by atoms with Crippen LogP contribution in [-0.2, 0) is 27.2 Å². The number of esters is 1. The SMILES string of the molecule is CCOC(=O)C[C@@H](C)c1ccc(N(CC(C)C)C2CCCCC2)c(Nc2nc(C(F)(F)F)n(COCCS(C)(C)C)n2)c1. The average Bonchev–Trinajstić information content (AvgIpc) is 3.33. The van der Waals surface area contributed by atoms with Crippen LogP contribution >= 0.6 is 10.0 Å². The first-order valence-corrected chi connectivity index (χ1v) is 18.3. The van der Waals surface area contributed by atoms with E-state index < -0.39 is 22.0 Å². The molecule has 1 atom stereocenters. The molecule has 0 spiro atoms. The van der Waals surface area contributed by atoms with E-state index in [9.17, 15) is 18.0 Å². The number of hydrogen-bond acceptors (Lipinski definition) is 7. The number of halogens is 3. The van der Waals surface area contributed by atoms with Gasteiger partial charge in [0.2, 0.25) is 11.8 Å². The lowest BCUT2D eigenvalue weighted by Gasteiger charge is -2.38. The van der Waals surface area contributed by atoms with Gasteiger partial charge >= 0.3 is 12.1 Å². The van der Waals surface area contributed by atoms with Crippen molar-refractivity contribution in [3.05, 3.63) is 29.6 Å². The van der Waals surface area contributed by atoms with Crippen LogP contribution < -0.4 is 10.2 Å². The molecule has 0 unspecified atom stereocenters. The van der Waals surface area contributed by atoms with Gasteiger partial charge in [-0.3, -0.25) is 4.79 Å². The molecular formula is C31H50F3N5O3S. The highest BCUT2D eigenvalue weighted by Gasteiger charge is 2.38. The number of ether oxygens (including phenoxy) is 2. The standard InChI is InChI=1S/C31H50F3N5O3S/c1-8-42-28(40)18-23(4)24-14-15-27(38(20-22(2)3)25-12-10-9-11-13-25)26(19-24)35-30-36-29(31(32,33)34)39(37-30)21-41-16-17-43(5,6)7/h14-15,19,22-23,25H,8-13,16-18,20-21H2,1-7H3,(H,35,37)/t23-/m1/s1. The van der Waals surface area contributed by atoms with Crippen molar-refractivity contribution in [2.45, 2.75) is 91.1 Å². The Hall–Kier alpha value is -2.47. The maximum absolute atomic E-state index is 14.0. The quantitative estimate of drug-likeness (QED) is 0.161. The van der Waals surface area contributed by atoms with Crippen LogP contribution in [0.5, 0.6) is 0 Å². The number of nitrogens with zero attached hydrogens (tertiary/aromatic N) is 4. The maximum Gasteiger partial charge on any atom is 0.451 e. The third-order valence-electron chi connectivity index (χ3n) is 7.48. The zero-order valence-corrected chi connectivity index (χ0v) is 27.6. The number of nitrogens with one attached hydrogen (secondary N) is 1. The van der Waals surface area contributed by atoms with Crippen LogP contribution in [0.1, 0.15) is 83.5 Å². The molecular weight excluding hydrogens is 579 g/mol. The highest BCUT2D eigenvalue weighted by molar-refractivity contribution is 8.32. The first-order valence-electron chi connectivity index (χ1n) is 15.3. The van der Waals surface area contributed by atoms with Gasteiger partial charge < -0.3 is 19.7 Å². The average molecular weight is 630 g/mol. The van der Waals surface area contributed by atoms with E-state index in [-0.39, 0.29) is 31.0 Å². The fraction of sp³-hybridized carbons (Fsp3) is 0.710. The largest absolute Gasteiger partial charge is 0.466 e. The third kappa shape index (κ3) is 10.9. The summed E-state index contributed by atoms with van der Waals surface area (Å²) in [5.74, 6) is -0.559. The van der Waals surface area contributed by atoms with Crippen LogP contribution in [0.2, 0.25) is 0 Å². The predicted octanol–water partition coefficient (Wildman–Crippen LogP) is 7.56. The second kappa shape index (κ2) is 15.5. The number of rotatable bonds is 15. The fourth-order valence-electron chi connectivity index (χ4n) is 5.30. The van der Waals surface area contributed by atoms with Crippen LogP contribution in [-0.4, -0.2) is 71.1 Å². The van der Waals surface area contributed by atoms with E-state index in [1.165, 1.54) is 6.42 Å². The minimum Gasteiger partial charge on any atom is -0.466 e. The molecule has 12 heteroatoms. The number of carbonyl (C=O) groups is 1. The Kier molecular flexibility index (Phi) is 12.6. The van der Waals surface area contributed by atoms with Crippen molar-refractivity contribution in [3.8, 4) is 0 Å². The Morgan fingerprint density at radius 2 is 1.86 bits per heavy atom. The van der Waals surface area contributed by atoms with Crippen LogP contribution in [0, 0.1) is 5.92 Å². The molecule has 1 heterocycles. The molecule has 2 aromatic rings. The van der Waals surface area contributed by atoms with E-state index in [2.05, 4.69) is 52.9 Å². The highest BCUT2D eigenvalue weighted by Crippen LogP contribution is 2.38. The summed E-state index contributed by atoms with van der Waals surface area (Å²) < 4.78 is 53.5. The minimum atomic E-state index is -4.70. The van der Waals surface area contributed by atoms with E-state index in [1.54, 1.807) is 6.92 Å². The van der Waals surface area contributed by atoms with E-state index in [0.717, 1.165) is 53.9 Å². The molecule has 43 heavy (non-hydrogen) atoms. The summed E-state index contributed by atoms with van der Waals surface area (Å²) in [5.41, 5.74) is 2.38. The first-order chi connectivity index (χ1) is 20.2.